The van der Waals surface area contributed by atoms with Crippen molar-refractivity contribution in [1.82, 2.24) is 18.8 Å². The van der Waals surface area contributed by atoms with Crippen LogP contribution in [0.15, 0.2) is 41.3 Å². The second kappa shape index (κ2) is 8.90. The summed E-state index contributed by atoms with van der Waals surface area (Å²) in [6.07, 6.45) is 0. The standard InChI is InChI=1S/C24H26N4O6S/c1-6-27-20-10-8-16(35(32,33)26(4)5)12-19(20)25-21(27)13-34-24(31)15(3)28-22(29)17-9-7-14(2)11-18(17)23(28)30/h7-12,15H,6,13H2,1-5H3/t15-/m0/s1. The third-order valence-corrected chi connectivity index (χ3v) is 7.85. The molecule has 1 atom stereocenters. The lowest BCUT2D eigenvalue weighted by Crippen LogP contribution is -2.43. The molecular weight excluding hydrogens is 472 g/mol. The number of fused-ring (bicyclic) bond motifs is 2. The van der Waals surface area contributed by atoms with Gasteiger partial charge in [-0.3, -0.25) is 14.5 Å². The van der Waals surface area contributed by atoms with Gasteiger partial charge < -0.3 is 9.30 Å². The average Bonchev–Trinajstić information content (AvgIpc) is 3.29. The molecule has 2 heterocycles. The molecule has 0 saturated carbocycles. The van der Waals surface area contributed by atoms with Gasteiger partial charge in [-0.2, -0.15) is 0 Å². The van der Waals surface area contributed by atoms with Crippen LogP contribution in [-0.2, 0) is 32.7 Å². The molecule has 0 radical (unpaired) electrons. The van der Waals surface area contributed by atoms with E-state index in [1.165, 1.54) is 33.2 Å². The molecule has 0 aliphatic carbocycles. The predicted octanol–water partition coefficient (Wildman–Crippen LogP) is 2.34. The van der Waals surface area contributed by atoms with Crippen LogP contribution >= 0.6 is 0 Å². The number of imide groups is 1. The Morgan fingerprint density at radius 3 is 2.43 bits per heavy atom. The molecule has 35 heavy (non-hydrogen) atoms. The van der Waals surface area contributed by atoms with Crippen molar-refractivity contribution in [3.63, 3.8) is 0 Å². The zero-order valence-electron chi connectivity index (χ0n) is 20.1. The molecule has 0 unspecified atom stereocenters. The first-order valence-corrected chi connectivity index (χ1v) is 12.5. The fraction of sp³-hybridized carbons (Fsp3) is 0.333. The van der Waals surface area contributed by atoms with Gasteiger partial charge in [-0.1, -0.05) is 11.6 Å². The number of rotatable bonds is 7. The van der Waals surface area contributed by atoms with Crippen LogP contribution in [-0.4, -0.2) is 65.1 Å². The van der Waals surface area contributed by atoms with Crippen LogP contribution in [0, 0.1) is 6.92 Å². The van der Waals surface area contributed by atoms with Crippen molar-refractivity contribution in [2.24, 2.45) is 0 Å². The SMILES string of the molecule is CCn1c(COC(=O)[C@H](C)N2C(=O)c3ccc(C)cc3C2=O)nc2cc(S(=O)(=O)N(C)C)ccc21. The molecule has 0 bridgehead atoms. The van der Waals surface area contributed by atoms with Crippen LogP contribution in [0.25, 0.3) is 11.0 Å². The third-order valence-electron chi connectivity index (χ3n) is 6.04. The highest BCUT2D eigenvalue weighted by Gasteiger charge is 2.41. The van der Waals surface area contributed by atoms with Crippen molar-refractivity contribution >= 4 is 38.8 Å². The molecule has 0 spiro atoms. The molecule has 184 valence electrons. The summed E-state index contributed by atoms with van der Waals surface area (Å²) in [5.41, 5.74) is 2.51. The molecule has 10 nitrogen and oxygen atoms in total. The Bertz CT molecular complexity index is 1470. The van der Waals surface area contributed by atoms with E-state index in [1.807, 2.05) is 18.4 Å². The molecule has 1 aliphatic rings. The largest absolute Gasteiger partial charge is 0.456 e. The van der Waals surface area contributed by atoms with Crippen molar-refractivity contribution in [2.45, 2.75) is 44.9 Å². The molecule has 1 aliphatic heterocycles. The van der Waals surface area contributed by atoms with Gasteiger partial charge in [0.15, 0.2) is 0 Å². The summed E-state index contributed by atoms with van der Waals surface area (Å²) < 4.78 is 33.3. The summed E-state index contributed by atoms with van der Waals surface area (Å²) in [5.74, 6) is -1.40. The van der Waals surface area contributed by atoms with E-state index in [2.05, 4.69) is 4.98 Å². The number of amides is 2. The first-order chi connectivity index (χ1) is 16.5. The monoisotopic (exact) mass is 498 g/mol. The molecular formula is C24H26N4O6S. The highest BCUT2D eigenvalue weighted by molar-refractivity contribution is 7.89. The third kappa shape index (κ3) is 4.10. The minimum absolute atomic E-state index is 0.105. The lowest BCUT2D eigenvalue weighted by Gasteiger charge is -2.20. The van der Waals surface area contributed by atoms with E-state index in [-0.39, 0.29) is 22.6 Å². The van der Waals surface area contributed by atoms with E-state index < -0.39 is 33.8 Å². The number of sulfonamides is 1. The second-order valence-corrected chi connectivity index (χ2v) is 10.7. The van der Waals surface area contributed by atoms with Gasteiger partial charge in [0.25, 0.3) is 11.8 Å². The molecule has 0 fully saturated rings. The van der Waals surface area contributed by atoms with Crippen LogP contribution in [0.4, 0.5) is 0 Å². The molecule has 0 saturated heterocycles. The fourth-order valence-electron chi connectivity index (χ4n) is 4.08. The Hall–Kier alpha value is -3.57. The molecule has 2 aromatic carbocycles. The first kappa shape index (κ1) is 24.6. The molecule has 2 amide bonds. The first-order valence-electron chi connectivity index (χ1n) is 11.0. The van der Waals surface area contributed by atoms with E-state index in [0.29, 0.717) is 23.4 Å². The summed E-state index contributed by atoms with van der Waals surface area (Å²) in [7, 11) is -0.731. The number of hydrogen-bond acceptors (Lipinski definition) is 7. The summed E-state index contributed by atoms with van der Waals surface area (Å²) in [6.45, 7) is 5.45. The van der Waals surface area contributed by atoms with Crippen LogP contribution < -0.4 is 0 Å². The van der Waals surface area contributed by atoms with E-state index in [0.717, 1.165) is 14.8 Å². The fourth-order valence-corrected chi connectivity index (χ4v) is 5.00. The Balaban J connectivity index is 1.54. The van der Waals surface area contributed by atoms with Crippen molar-refractivity contribution in [1.29, 1.82) is 0 Å². The highest BCUT2D eigenvalue weighted by Crippen LogP contribution is 2.27. The molecule has 0 N–H and O–H groups in total. The Morgan fingerprint density at radius 2 is 1.77 bits per heavy atom. The zero-order chi connectivity index (χ0) is 25.7. The number of benzene rings is 2. The van der Waals surface area contributed by atoms with Gasteiger partial charge in [0.2, 0.25) is 10.0 Å². The predicted molar refractivity (Wildman–Crippen MR) is 127 cm³/mol. The van der Waals surface area contributed by atoms with Gasteiger partial charge in [0.1, 0.15) is 18.5 Å². The van der Waals surface area contributed by atoms with Gasteiger partial charge in [-0.25, -0.2) is 22.5 Å². The number of carbonyl (C=O) groups excluding carboxylic acids is 3. The van der Waals surface area contributed by atoms with Crippen molar-refractivity contribution < 1.29 is 27.5 Å². The van der Waals surface area contributed by atoms with Crippen LogP contribution in [0.5, 0.6) is 0 Å². The van der Waals surface area contributed by atoms with E-state index in [1.54, 1.807) is 24.3 Å². The molecule has 1 aromatic heterocycles. The number of aromatic nitrogens is 2. The summed E-state index contributed by atoms with van der Waals surface area (Å²) in [6, 6.07) is 8.47. The Morgan fingerprint density at radius 1 is 1.09 bits per heavy atom. The Kier molecular flexibility index (Phi) is 6.24. The second-order valence-electron chi connectivity index (χ2n) is 8.52. The number of ether oxygens (including phenoxy) is 1. The van der Waals surface area contributed by atoms with Crippen LogP contribution in [0.3, 0.4) is 0 Å². The number of esters is 1. The molecule has 11 heteroatoms. The van der Waals surface area contributed by atoms with Gasteiger partial charge >= 0.3 is 5.97 Å². The highest BCUT2D eigenvalue weighted by atomic mass is 32.2. The summed E-state index contributed by atoms with van der Waals surface area (Å²) in [5, 5.41) is 0. The molecule has 4 rings (SSSR count). The number of aryl methyl sites for hydroxylation is 2. The van der Waals surface area contributed by atoms with E-state index in [4.69, 9.17) is 4.74 Å². The normalized spacial score (nSPS) is 14.6. The van der Waals surface area contributed by atoms with Crippen LogP contribution in [0.2, 0.25) is 0 Å². The number of hydrogen-bond donors (Lipinski definition) is 0. The number of carbonyl (C=O) groups is 3. The topological polar surface area (TPSA) is 119 Å². The summed E-state index contributed by atoms with van der Waals surface area (Å²) in [4.78, 5) is 43.8. The maximum Gasteiger partial charge on any atom is 0.329 e. The minimum Gasteiger partial charge on any atom is -0.456 e. The average molecular weight is 499 g/mol. The van der Waals surface area contributed by atoms with Crippen LogP contribution in [0.1, 0.15) is 46.0 Å². The van der Waals surface area contributed by atoms with Crippen molar-refractivity contribution in [2.75, 3.05) is 14.1 Å². The van der Waals surface area contributed by atoms with E-state index >= 15 is 0 Å². The smallest absolute Gasteiger partial charge is 0.329 e. The summed E-state index contributed by atoms with van der Waals surface area (Å²) >= 11 is 0. The lowest BCUT2D eigenvalue weighted by molar-refractivity contribution is -0.149. The van der Waals surface area contributed by atoms with Gasteiger partial charge in [-0.15, -0.1) is 0 Å². The van der Waals surface area contributed by atoms with Gasteiger partial charge in [0, 0.05) is 20.6 Å². The van der Waals surface area contributed by atoms with Gasteiger partial charge in [-0.05, 0) is 51.1 Å². The minimum atomic E-state index is -3.63. The maximum absolute atomic E-state index is 12.8. The lowest BCUT2D eigenvalue weighted by atomic mass is 10.1. The number of imidazole rings is 1. The maximum atomic E-state index is 12.8. The quantitative estimate of drug-likeness (QED) is 0.362. The Labute approximate surface area is 203 Å². The zero-order valence-corrected chi connectivity index (χ0v) is 20.9. The van der Waals surface area contributed by atoms with Gasteiger partial charge in [0.05, 0.1) is 27.1 Å². The molecule has 3 aromatic rings. The van der Waals surface area contributed by atoms with E-state index in [9.17, 15) is 22.8 Å². The van der Waals surface area contributed by atoms with Crippen molar-refractivity contribution in [3.8, 4) is 0 Å². The number of nitrogens with zero attached hydrogens (tertiary/aromatic N) is 4. The van der Waals surface area contributed by atoms with Crippen molar-refractivity contribution in [3.05, 3.63) is 58.9 Å².